The molecule has 0 bridgehead atoms. The maximum atomic E-state index is 12.1. The van der Waals surface area contributed by atoms with Crippen molar-refractivity contribution in [3.05, 3.63) is 48.8 Å². The summed E-state index contributed by atoms with van der Waals surface area (Å²) in [4.78, 5) is 16.0. The number of nitrogens with one attached hydrogen (secondary N) is 1. The fraction of sp³-hybridized carbons (Fsp3) is 0.176. The molecule has 0 saturated heterocycles. The van der Waals surface area contributed by atoms with E-state index in [2.05, 4.69) is 10.3 Å². The Morgan fingerprint density at radius 1 is 1.26 bits per heavy atom. The second-order valence-electron chi connectivity index (χ2n) is 5.16. The highest BCUT2D eigenvalue weighted by atomic mass is 16.5. The van der Waals surface area contributed by atoms with Gasteiger partial charge in [-0.05, 0) is 36.8 Å². The van der Waals surface area contributed by atoms with Crippen molar-refractivity contribution in [2.45, 2.75) is 13.3 Å². The quantitative estimate of drug-likeness (QED) is 0.774. The fourth-order valence-corrected chi connectivity index (χ4v) is 2.31. The number of pyridine rings is 1. The van der Waals surface area contributed by atoms with Gasteiger partial charge in [-0.15, -0.1) is 0 Å². The highest BCUT2D eigenvalue weighted by Crippen LogP contribution is 2.26. The SMILES string of the molecule is CCCNC(=O)n1ccc2cc(Oc3ccnc(N)c3)ccc21. The van der Waals surface area contributed by atoms with Gasteiger partial charge >= 0.3 is 6.03 Å². The predicted molar refractivity (Wildman–Crippen MR) is 89.7 cm³/mol. The van der Waals surface area contributed by atoms with Gasteiger partial charge < -0.3 is 15.8 Å². The third-order valence-corrected chi connectivity index (χ3v) is 3.39. The monoisotopic (exact) mass is 310 g/mol. The lowest BCUT2D eigenvalue weighted by Gasteiger charge is -2.08. The zero-order valence-corrected chi connectivity index (χ0v) is 12.8. The molecule has 0 fully saturated rings. The van der Waals surface area contributed by atoms with Crippen molar-refractivity contribution in [3.63, 3.8) is 0 Å². The van der Waals surface area contributed by atoms with Crippen molar-refractivity contribution < 1.29 is 9.53 Å². The third kappa shape index (κ3) is 3.26. The van der Waals surface area contributed by atoms with Crippen molar-refractivity contribution in [1.82, 2.24) is 14.9 Å². The molecule has 2 heterocycles. The number of amides is 1. The maximum absolute atomic E-state index is 12.1. The Morgan fingerprint density at radius 3 is 2.87 bits per heavy atom. The minimum absolute atomic E-state index is 0.127. The van der Waals surface area contributed by atoms with E-state index < -0.39 is 0 Å². The van der Waals surface area contributed by atoms with Gasteiger partial charge in [0.25, 0.3) is 0 Å². The molecule has 0 unspecified atom stereocenters. The first-order chi connectivity index (χ1) is 11.2. The lowest BCUT2D eigenvalue weighted by molar-refractivity contribution is 0.243. The number of aromatic nitrogens is 2. The van der Waals surface area contributed by atoms with Crippen LogP contribution in [-0.2, 0) is 0 Å². The van der Waals surface area contributed by atoms with Gasteiger partial charge in [0.15, 0.2) is 0 Å². The number of hydrogen-bond donors (Lipinski definition) is 2. The van der Waals surface area contributed by atoms with Crippen molar-refractivity contribution in [2.75, 3.05) is 12.3 Å². The Hall–Kier alpha value is -3.02. The Morgan fingerprint density at radius 2 is 2.09 bits per heavy atom. The second kappa shape index (κ2) is 6.39. The van der Waals surface area contributed by atoms with Crippen molar-refractivity contribution in [3.8, 4) is 11.5 Å². The summed E-state index contributed by atoms with van der Waals surface area (Å²) in [6, 6.07) is 10.7. The molecular weight excluding hydrogens is 292 g/mol. The topological polar surface area (TPSA) is 82.2 Å². The number of anilines is 1. The molecule has 0 aliphatic rings. The summed E-state index contributed by atoms with van der Waals surface area (Å²) in [6.07, 6.45) is 4.25. The van der Waals surface area contributed by atoms with E-state index in [1.165, 1.54) is 0 Å². The highest BCUT2D eigenvalue weighted by Gasteiger charge is 2.09. The molecule has 1 amide bonds. The summed E-state index contributed by atoms with van der Waals surface area (Å²) in [5.74, 6) is 1.70. The summed E-state index contributed by atoms with van der Waals surface area (Å²) in [5.41, 5.74) is 6.47. The molecule has 0 aliphatic carbocycles. The molecule has 118 valence electrons. The van der Waals surface area contributed by atoms with E-state index in [0.717, 1.165) is 17.3 Å². The molecule has 6 heteroatoms. The summed E-state index contributed by atoms with van der Waals surface area (Å²) < 4.78 is 7.37. The van der Waals surface area contributed by atoms with E-state index >= 15 is 0 Å². The highest BCUT2D eigenvalue weighted by molar-refractivity contribution is 5.92. The molecule has 23 heavy (non-hydrogen) atoms. The average molecular weight is 310 g/mol. The van der Waals surface area contributed by atoms with E-state index in [1.807, 2.05) is 31.2 Å². The number of nitrogens with two attached hydrogens (primary N) is 1. The van der Waals surface area contributed by atoms with E-state index in [1.54, 1.807) is 29.1 Å². The first-order valence-electron chi connectivity index (χ1n) is 7.46. The molecule has 0 spiro atoms. The standard InChI is InChI=1S/C17H18N4O2/c1-2-7-20-17(22)21-9-6-12-10-13(3-4-15(12)21)23-14-5-8-19-16(18)11-14/h3-6,8-11H,2,7H2,1H3,(H2,18,19)(H,20,22). The summed E-state index contributed by atoms with van der Waals surface area (Å²) in [5, 5.41) is 3.79. The van der Waals surface area contributed by atoms with Crippen LogP contribution in [-0.4, -0.2) is 22.1 Å². The van der Waals surface area contributed by atoms with Crippen LogP contribution in [0.5, 0.6) is 11.5 Å². The largest absolute Gasteiger partial charge is 0.457 e. The number of nitrogens with zero attached hydrogens (tertiary/aromatic N) is 2. The van der Waals surface area contributed by atoms with Gasteiger partial charge in [0.2, 0.25) is 0 Å². The number of carbonyl (C=O) groups excluding carboxylic acids is 1. The van der Waals surface area contributed by atoms with Crippen LogP contribution >= 0.6 is 0 Å². The van der Waals surface area contributed by atoms with Crippen LogP contribution in [0, 0.1) is 0 Å². The second-order valence-corrected chi connectivity index (χ2v) is 5.16. The molecule has 0 aliphatic heterocycles. The fourth-order valence-electron chi connectivity index (χ4n) is 2.31. The van der Waals surface area contributed by atoms with Crippen molar-refractivity contribution in [1.29, 1.82) is 0 Å². The van der Waals surface area contributed by atoms with E-state index in [9.17, 15) is 4.79 Å². The smallest absolute Gasteiger partial charge is 0.326 e. The van der Waals surface area contributed by atoms with Crippen LogP contribution in [0.25, 0.3) is 10.9 Å². The third-order valence-electron chi connectivity index (χ3n) is 3.39. The van der Waals surface area contributed by atoms with Crippen LogP contribution < -0.4 is 15.8 Å². The van der Waals surface area contributed by atoms with Gasteiger partial charge in [0.05, 0.1) is 5.52 Å². The number of benzene rings is 1. The zero-order chi connectivity index (χ0) is 16.2. The lowest BCUT2D eigenvalue weighted by Crippen LogP contribution is -2.28. The van der Waals surface area contributed by atoms with Crippen molar-refractivity contribution in [2.24, 2.45) is 0 Å². The van der Waals surface area contributed by atoms with Gasteiger partial charge in [-0.25, -0.2) is 9.78 Å². The Kier molecular flexibility index (Phi) is 4.14. The van der Waals surface area contributed by atoms with Gasteiger partial charge in [-0.1, -0.05) is 6.92 Å². The summed E-state index contributed by atoms with van der Waals surface area (Å²) in [7, 11) is 0. The number of fused-ring (bicyclic) bond motifs is 1. The maximum Gasteiger partial charge on any atom is 0.326 e. The first-order valence-corrected chi connectivity index (χ1v) is 7.46. The molecule has 0 saturated carbocycles. The number of rotatable bonds is 4. The predicted octanol–water partition coefficient (Wildman–Crippen LogP) is 3.38. The summed E-state index contributed by atoms with van der Waals surface area (Å²) in [6.45, 7) is 2.67. The van der Waals surface area contributed by atoms with E-state index in [4.69, 9.17) is 10.5 Å². The number of ether oxygens (including phenoxy) is 1. The summed E-state index contributed by atoms with van der Waals surface area (Å²) >= 11 is 0. The van der Waals surface area contributed by atoms with Crippen LogP contribution in [0.1, 0.15) is 13.3 Å². The molecule has 6 nitrogen and oxygen atoms in total. The number of hydrogen-bond acceptors (Lipinski definition) is 4. The Balaban J connectivity index is 1.84. The first kappa shape index (κ1) is 14.9. The van der Waals surface area contributed by atoms with Crippen LogP contribution in [0.2, 0.25) is 0 Å². The van der Waals surface area contributed by atoms with E-state index in [-0.39, 0.29) is 6.03 Å². The van der Waals surface area contributed by atoms with E-state index in [0.29, 0.717) is 23.9 Å². The molecule has 2 aromatic heterocycles. The zero-order valence-electron chi connectivity index (χ0n) is 12.8. The normalized spacial score (nSPS) is 10.7. The number of nitrogen functional groups attached to an aromatic ring is 1. The van der Waals surface area contributed by atoms with Gasteiger partial charge in [0, 0.05) is 30.4 Å². The molecule has 3 N–H and O–H groups in total. The minimum atomic E-state index is -0.127. The minimum Gasteiger partial charge on any atom is -0.457 e. The van der Waals surface area contributed by atoms with Gasteiger partial charge in [-0.2, -0.15) is 0 Å². The molecule has 0 radical (unpaired) electrons. The van der Waals surface area contributed by atoms with Crippen LogP contribution in [0.3, 0.4) is 0 Å². The average Bonchev–Trinajstić information content (AvgIpc) is 2.96. The van der Waals surface area contributed by atoms with Crippen LogP contribution in [0.4, 0.5) is 10.6 Å². The lowest BCUT2D eigenvalue weighted by atomic mass is 10.2. The Labute approximate surface area is 133 Å². The van der Waals surface area contributed by atoms with Gasteiger partial charge in [-0.3, -0.25) is 4.57 Å². The molecule has 3 aromatic rings. The molecule has 0 atom stereocenters. The molecule has 1 aromatic carbocycles. The van der Waals surface area contributed by atoms with Crippen LogP contribution in [0.15, 0.2) is 48.8 Å². The van der Waals surface area contributed by atoms with Crippen molar-refractivity contribution >= 4 is 22.8 Å². The Bertz CT molecular complexity index is 841. The number of carbonyl (C=O) groups is 1. The van der Waals surface area contributed by atoms with Gasteiger partial charge in [0.1, 0.15) is 17.3 Å². The molecular formula is C17H18N4O2. The molecule has 3 rings (SSSR count).